The number of aromatic nitrogens is 4. The molecule has 0 aliphatic carbocycles. The number of tetrazole rings is 1. The molecule has 5 nitrogen and oxygen atoms in total. The maximum absolute atomic E-state index is 5.39. The normalized spacial score (nSPS) is 10.3. The van der Waals surface area contributed by atoms with E-state index in [0.29, 0.717) is 13.1 Å². The number of rotatable bonds is 5. The van der Waals surface area contributed by atoms with Gasteiger partial charge in [0.2, 0.25) is 5.16 Å². The van der Waals surface area contributed by atoms with Crippen LogP contribution in [0, 0.1) is 0 Å². The predicted octanol–water partition coefficient (Wildman–Crippen LogP) is 0.632. The van der Waals surface area contributed by atoms with Crippen molar-refractivity contribution in [2.75, 3.05) is 12.3 Å². The Labute approximate surface area is 88.9 Å². The number of halogens is 1. The van der Waals surface area contributed by atoms with Crippen LogP contribution < -0.4 is 5.73 Å². The predicted molar refractivity (Wildman–Crippen MR) is 55.7 cm³/mol. The maximum Gasteiger partial charge on any atom is 0.209 e. The largest absolute Gasteiger partial charge is 0.329 e. The lowest BCUT2D eigenvalue weighted by atomic mass is 10.7. The van der Waals surface area contributed by atoms with Crippen LogP contribution in [0.4, 0.5) is 0 Å². The van der Waals surface area contributed by atoms with Gasteiger partial charge in [-0.25, -0.2) is 4.68 Å². The molecule has 0 aliphatic heterocycles. The van der Waals surface area contributed by atoms with Crippen molar-refractivity contribution in [3.63, 3.8) is 0 Å². The maximum atomic E-state index is 5.39. The van der Waals surface area contributed by atoms with Crippen molar-refractivity contribution >= 4 is 27.7 Å². The van der Waals surface area contributed by atoms with Crippen LogP contribution in [0.2, 0.25) is 0 Å². The first-order valence-electron chi connectivity index (χ1n) is 3.66. The van der Waals surface area contributed by atoms with Gasteiger partial charge in [0, 0.05) is 12.3 Å². The lowest BCUT2D eigenvalue weighted by molar-refractivity contribution is 0.557. The molecule has 0 radical (unpaired) electrons. The minimum atomic E-state index is 0.536. The number of hydrogen-bond acceptors (Lipinski definition) is 5. The summed E-state index contributed by atoms with van der Waals surface area (Å²) in [6, 6.07) is 0. The molecule has 1 heterocycles. The molecule has 1 aromatic heterocycles. The molecule has 0 aromatic carbocycles. The molecule has 72 valence electrons. The summed E-state index contributed by atoms with van der Waals surface area (Å²) in [5.41, 5.74) is 5.39. The second-order valence-corrected chi connectivity index (χ2v) is 4.34. The van der Waals surface area contributed by atoms with Crippen LogP contribution in [0.5, 0.6) is 0 Å². The number of nitrogens with zero attached hydrogens (tertiary/aromatic N) is 4. The molecule has 0 aliphatic rings. The lowest BCUT2D eigenvalue weighted by Crippen LogP contribution is -2.12. The van der Waals surface area contributed by atoms with Crippen molar-refractivity contribution in [3.05, 3.63) is 11.1 Å². The second kappa shape index (κ2) is 5.36. The van der Waals surface area contributed by atoms with Gasteiger partial charge < -0.3 is 5.73 Å². The van der Waals surface area contributed by atoms with E-state index >= 15 is 0 Å². The average Bonchev–Trinajstić information content (AvgIpc) is 2.49. The lowest BCUT2D eigenvalue weighted by Gasteiger charge is -2.00. The molecular formula is C6H10BrN5S. The molecule has 0 saturated heterocycles. The van der Waals surface area contributed by atoms with Crippen molar-refractivity contribution in [1.82, 2.24) is 20.2 Å². The molecule has 2 N–H and O–H groups in total. The summed E-state index contributed by atoms with van der Waals surface area (Å²) in [5, 5.41) is 12.0. The van der Waals surface area contributed by atoms with Gasteiger partial charge in [-0.3, -0.25) is 0 Å². The standard InChI is InChI=1S/C6H10BrN5S/c1-5(7)4-13-6-9-10-11-12(6)3-2-8/h1-4,8H2. The molecular weight excluding hydrogens is 254 g/mol. The van der Waals surface area contributed by atoms with Crippen LogP contribution in [0.15, 0.2) is 16.2 Å². The zero-order valence-corrected chi connectivity index (χ0v) is 9.38. The Morgan fingerprint density at radius 1 is 1.69 bits per heavy atom. The molecule has 0 saturated carbocycles. The Morgan fingerprint density at radius 3 is 3.08 bits per heavy atom. The summed E-state index contributed by atoms with van der Waals surface area (Å²) in [4.78, 5) is 0. The van der Waals surface area contributed by atoms with E-state index in [9.17, 15) is 0 Å². The molecule has 13 heavy (non-hydrogen) atoms. The molecule has 0 atom stereocenters. The van der Waals surface area contributed by atoms with Gasteiger partial charge in [0.25, 0.3) is 0 Å². The van der Waals surface area contributed by atoms with Gasteiger partial charge in [0.1, 0.15) is 0 Å². The van der Waals surface area contributed by atoms with Gasteiger partial charge in [-0.05, 0) is 14.9 Å². The molecule has 1 rings (SSSR count). The Bertz CT molecular complexity index is 286. The zero-order chi connectivity index (χ0) is 9.68. The van der Waals surface area contributed by atoms with Crippen LogP contribution in [0.1, 0.15) is 0 Å². The summed E-state index contributed by atoms with van der Waals surface area (Å²) in [7, 11) is 0. The molecule has 1 aromatic rings. The fraction of sp³-hybridized carbons (Fsp3) is 0.500. The summed E-state index contributed by atoms with van der Waals surface area (Å²) in [6.07, 6.45) is 0. The summed E-state index contributed by atoms with van der Waals surface area (Å²) >= 11 is 4.79. The van der Waals surface area contributed by atoms with Crippen LogP contribution in [-0.2, 0) is 6.54 Å². The van der Waals surface area contributed by atoms with Crippen molar-refractivity contribution in [1.29, 1.82) is 0 Å². The smallest absolute Gasteiger partial charge is 0.209 e. The number of hydrogen-bond donors (Lipinski definition) is 1. The number of thioether (sulfide) groups is 1. The molecule has 0 fully saturated rings. The first kappa shape index (κ1) is 10.7. The SMILES string of the molecule is C=C(Br)CSc1nnnn1CCN. The Hall–Kier alpha value is -0.400. The van der Waals surface area contributed by atoms with Crippen LogP contribution in [-0.4, -0.2) is 32.5 Å². The molecule has 0 unspecified atom stereocenters. The minimum absolute atomic E-state index is 0.536. The van der Waals surface area contributed by atoms with E-state index in [2.05, 4.69) is 38.0 Å². The topological polar surface area (TPSA) is 69.6 Å². The molecule has 0 amide bonds. The van der Waals surface area contributed by atoms with Crippen LogP contribution >= 0.6 is 27.7 Å². The van der Waals surface area contributed by atoms with Crippen LogP contribution in [0.3, 0.4) is 0 Å². The molecule has 0 spiro atoms. The van der Waals surface area contributed by atoms with E-state index in [-0.39, 0.29) is 0 Å². The van der Waals surface area contributed by atoms with E-state index in [1.165, 1.54) is 11.8 Å². The highest BCUT2D eigenvalue weighted by Crippen LogP contribution is 2.18. The van der Waals surface area contributed by atoms with Gasteiger partial charge in [0.05, 0.1) is 6.54 Å². The van der Waals surface area contributed by atoms with E-state index < -0.39 is 0 Å². The third kappa shape index (κ3) is 3.45. The van der Waals surface area contributed by atoms with Gasteiger partial charge in [-0.15, -0.1) is 5.10 Å². The average molecular weight is 264 g/mol. The second-order valence-electron chi connectivity index (χ2n) is 2.28. The van der Waals surface area contributed by atoms with Crippen molar-refractivity contribution in [3.8, 4) is 0 Å². The fourth-order valence-corrected chi connectivity index (χ4v) is 1.71. The van der Waals surface area contributed by atoms with E-state index in [1.54, 1.807) is 4.68 Å². The van der Waals surface area contributed by atoms with E-state index in [0.717, 1.165) is 15.4 Å². The highest BCUT2D eigenvalue weighted by atomic mass is 79.9. The molecule has 7 heteroatoms. The summed E-state index contributed by atoms with van der Waals surface area (Å²) < 4.78 is 2.60. The van der Waals surface area contributed by atoms with E-state index in [4.69, 9.17) is 5.73 Å². The fourth-order valence-electron chi connectivity index (χ4n) is 0.705. The summed E-state index contributed by atoms with van der Waals surface area (Å²) in [6.45, 7) is 4.90. The minimum Gasteiger partial charge on any atom is -0.329 e. The Balaban J connectivity index is 2.54. The van der Waals surface area contributed by atoms with Crippen molar-refractivity contribution in [2.24, 2.45) is 5.73 Å². The number of nitrogens with two attached hydrogens (primary N) is 1. The van der Waals surface area contributed by atoms with Gasteiger partial charge in [-0.2, -0.15) is 0 Å². The Kier molecular flexibility index (Phi) is 4.40. The monoisotopic (exact) mass is 263 g/mol. The molecule has 0 bridgehead atoms. The quantitative estimate of drug-likeness (QED) is 0.790. The van der Waals surface area contributed by atoms with E-state index in [1.807, 2.05) is 0 Å². The van der Waals surface area contributed by atoms with Gasteiger partial charge in [-0.1, -0.05) is 34.3 Å². The van der Waals surface area contributed by atoms with Gasteiger partial charge >= 0.3 is 0 Å². The highest BCUT2D eigenvalue weighted by molar-refractivity contribution is 9.11. The third-order valence-corrected chi connectivity index (χ3v) is 2.89. The first-order valence-corrected chi connectivity index (χ1v) is 5.44. The first-order chi connectivity index (χ1) is 6.24. The summed E-state index contributed by atoms with van der Waals surface area (Å²) in [5.74, 6) is 0.755. The van der Waals surface area contributed by atoms with Gasteiger partial charge in [0.15, 0.2) is 0 Å². The third-order valence-electron chi connectivity index (χ3n) is 1.20. The Morgan fingerprint density at radius 2 is 2.46 bits per heavy atom. The van der Waals surface area contributed by atoms with Crippen LogP contribution in [0.25, 0.3) is 0 Å². The van der Waals surface area contributed by atoms with Crippen molar-refractivity contribution in [2.45, 2.75) is 11.7 Å². The highest BCUT2D eigenvalue weighted by Gasteiger charge is 2.05. The van der Waals surface area contributed by atoms with Crippen molar-refractivity contribution < 1.29 is 0 Å². The zero-order valence-electron chi connectivity index (χ0n) is 6.98.